The average molecular weight is 376 g/mol. The molecule has 0 atom stereocenters. The van der Waals surface area contributed by atoms with E-state index in [1.165, 1.54) is 0 Å². The van der Waals surface area contributed by atoms with E-state index in [4.69, 9.17) is 9.47 Å². The maximum Gasteiger partial charge on any atom is 0.255 e. The van der Waals surface area contributed by atoms with Crippen molar-refractivity contribution in [3.05, 3.63) is 72.7 Å². The lowest BCUT2D eigenvalue weighted by molar-refractivity contribution is 0.102. The Morgan fingerprint density at radius 2 is 1.82 bits per heavy atom. The summed E-state index contributed by atoms with van der Waals surface area (Å²) in [6.45, 7) is 3.07. The number of amides is 1. The van der Waals surface area contributed by atoms with Gasteiger partial charge >= 0.3 is 0 Å². The molecule has 7 heteroatoms. The van der Waals surface area contributed by atoms with Crippen molar-refractivity contribution in [3.63, 3.8) is 0 Å². The maximum absolute atomic E-state index is 12.5. The first-order chi connectivity index (χ1) is 13.8. The Morgan fingerprint density at radius 3 is 2.50 bits per heavy atom. The van der Waals surface area contributed by atoms with Crippen LogP contribution in [0.2, 0.25) is 0 Å². The minimum Gasteiger partial charge on any atom is -0.456 e. The molecular weight excluding hydrogens is 356 g/mol. The van der Waals surface area contributed by atoms with Gasteiger partial charge in [0.05, 0.1) is 31.3 Å². The Morgan fingerprint density at radius 1 is 1.00 bits per heavy atom. The normalized spacial score (nSPS) is 13.8. The van der Waals surface area contributed by atoms with Gasteiger partial charge in [0.2, 0.25) is 0 Å². The average Bonchev–Trinajstić information content (AvgIpc) is 2.76. The van der Waals surface area contributed by atoms with Crippen LogP contribution in [0.15, 0.2) is 67.1 Å². The molecule has 1 fully saturated rings. The minimum atomic E-state index is -0.200. The summed E-state index contributed by atoms with van der Waals surface area (Å²) in [4.78, 5) is 23.1. The van der Waals surface area contributed by atoms with Crippen LogP contribution in [-0.4, -0.2) is 42.2 Å². The fraction of sp³-hybridized carbons (Fsp3) is 0.190. The van der Waals surface area contributed by atoms with Crippen LogP contribution in [0, 0.1) is 0 Å². The zero-order valence-electron chi connectivity index (χ0n) is 15.2. The summed E-state index contributed by atoms with van der Waals surface area (Å²) in [6.07, 6.45) is 4.99. The van der Waals surface area contributed by atoms with Gasteiger partial charge in [0, 0.05) is 24.8 Å². The summed E-state index contributed by atoms with van der Waals surface area (Å²) >= 11 is 0. The number of nitrogens with one attached hydrogen (secondary N) is 1. The Balaban J connectivity index is 1.36. The van der Waals surface area contributed by atoms with Crippen LogP contribution in [-0.2, 0) is 4.74 Å². The second-order valence-corrected chi connectivity index (χ2v) is 6.27. The van der Waals surface area contributed by atoms with Gasteiger partial charge in [-0.25, -0.2) is 4.98 Å². The van der Waals surface area contributed by atoms with Crippen molar-refractivity contribution in [2.24, 2.45) is 0 Å². The fourth-order valence-electron chi connectivity index (χ4n) is 2.86. The molecule has 2 aromatic heterocycles. The highest BCUT2D eigenvalue weighted by Gasteiger charge is 2.13. The van der Waals surface area contributed by atoms with Gasteiger partial charge in [-0.3, -0.25) is 9.78 Å². The van der Waals surface area contributed by atoms with Crippen molar-refractivity contribution < 1.29 is 14.3 Å². The molecule has 0 aliphatic carbocycles. The number of ether oxygens (including phenoxy) is 2. The molecule has 3 heterocycles. The lowest BCUT2D eigenvalue weighted by Gasteiger charge is -2.27. The van der Waals surface area contributed by atoms with Crippen LogP contribution in [0.5, 0.6) is 11.5 Å². The Bertz CT molecular complexity index is 909. The number of carbonyl (C=O) groups is 1. The predicted molar refractivity (Wildman–Crippen MR) is 106 cm³/mol. The molecule has 0 spiro atoms. The van der Waals surface area contributed by atoms with Crippen LogP contribution in [0.4, 0.5) is 11.5 Å². The largest absolute Gasteiger partial charge is 0.456 e. The molecule has 7 nitrogen and oxygen atoms in total. The molecule has 0 saturated carbocycles. The first-order valence-electron chi connectivity index (χ1n) is 9.06. The first kappa shape index (κ1) is 17.9. The lowest BCUT2D eigenvalue weighted by Crippen LogP contribution is -2.36. The van der Waals surface area contributed by atoms with E-state index in [1.54, 1.807) is 48.9 Å². The second kappa shape index (κ2) is 8.49. The maximum atomic E-state index is 12.5. The van der Waals surface area contributed by atoms with Crippen LogP contribution < -0.4 is 15.0 Å². The Labute approximate surface area is 163 Å². The molecule has 0 radical (unpaired) electrons. The topological polar surface area (TPSA) is 76.6 Å². The molecule has 1 aliphatic rings. The summed E-state index contributed by atoms with van der Waals surface area (Å²) in [5.41, 5.74) is 1.19. The van der Waals surface area contributed by atoms with E-state index in [1.807, 2.05) is 18.2 Å². The number of hydrogen-bond donors (Lipinski definition) is 1. The molecule has 1 amide bonds. The molecule has 4 rings (SSSR count). The van der Waals surface area contributed by atoms with Gasteiger partial charge < -0.3 is 19.7 Å². The second-order valence-electron chi connectivity index (χ2n) is 6.27. The molecule has 1 aliphatic heterocycles. The van der Waals surface area contributed by atoms with Gasteiger partial charge in [-0.05, 0) is 48.5 Å². The number of pyridine rings is 2. The monoisotopic (exact) mass is 376 g/mol. The molecule has 0 unspecified atom stereocenters. The number of hydrogen-bond acceptors (Lipinski definition) is 6. The number of morpholine rings is 1. The van der Waals surface area contributed by atoms with E-state index in [0.29, 0.717) is 36.0 Å². The van der Waals surface area contributed by atoms with E-state index >= 15 is 0 Å². The van der Waals surface area contributed by atoms with Crippen molar-refractivity contribution in [3.8, 4) is 11.5 Å². The molecule has 1 aromatic carbocycles. The van der Waals surface area contributed by atoms with Crippen molar-refractivity contribution in [2.45, 2.75) is 0 Å². The molecule has 3 aromatic rings. The quantitative estimate of drug-likeness (QED) is 0.736. The number of nitrogens with zero attached hydrogens (tertiary/aromatic N) is 3. The van der Waals surface area contributed by atoms with Gasteiger partial charge in [0.15, 0.2) is 0 Å². The van der Waals surface area contributed by atoms with Gasteiger partial charge in [0.25, 0.3) is 5.91 Å². The standard InChI is InChI=1S/C21H20N4O3/c26-21(16-3-6-18(7-4-16)28-19-2-1-9-22-15-19)24-17-5-8-20(23-14-17)25-10-12-27-13-11-25/h1-9,14-15H,10-13H2,(H,24,26). The van der Waals surface area contributed by atoms with Crippen molar-refractivity contribution in [1.82, 2.24) is 9.97 Å². The van der Waals surface area contributed by atoms with Gasteiger partial charge in [-0.15, -0.1) is 0 Å². The third-order valence-corrected chi connectivity index (χ3v) is 4.33. The molecule has 28 heavy (non-hydrogen) atoms. The Hall–Kier alpha value is -3.45. The molecular formula is C21H20N4O3. The molecule has 1 N–H and O–H groups in total. The number of benzene rings is 1. The van der Waals surface area contributed by atoms with E-state index in [9.17, 15) is 4.79 Å². The zero-order chi connectivity index (χ0) is 19.2. The third-order valence-electron chi connectivity index (χ3n) is 4.33. The van der Waals surface area contributed by atoms with Crippen molar-refractivity contribution in [1.29, 1.82) is 0 Å². The third kappa shape index (κ3) is 4.44. The highest BCUT2D eigenvalue weighted by molar-refractivity contribution is 6.04. The van der Waals surface area contributed by atoms with Crippen LogP contribution in [0.1, 0.15) is 10.4 Å². The first-order valence-corrected chi connectivity index (χ1v) is 9.06. The predicted octanol–water partition coefficient (Wildman–Crippen LogP) is 3.36. The summed E-state index contributed by atoms with van der Waals surface area (Å²) in [5, 5.41) is 2.86. The summed E-state index contributed by atoms with van der Waals surface area (Å²) in [6, 6.07) is 14.3. The lowest BCUT2D eigenvalue weighted by atomic mass is 10.2. The van der Waals surface area contributed by atoms with Gasteiger partial charge in [-0.2, -0.15) is 0 Å². The smallest absolute Gasteiger partial charge is 0.255 e. The van der Waals surface area contributed by atoms with E-state index in [-0.39, 0.29) is 5.91 Å². The van der Waals surface area contributed by atoms with Gasteiger partial charge in [0.1, 0.15) is 17.3 Å². The number of aromatic nitrogens is 2. The molecule has 0 bridgehead atoms. The zero-order valence-corrected chi connectivity index (χ0v) is 15.2. The summed E-state index contributed by atoms with van der Waals surface area (Å²) in [5.74, 6) is 1.97. The van der Waals surface area contributed by atoms with Crippen molar-refractivity contribution >= 4 is 17.4 Å². The van der Waals surface area contributed by atoms with Crippen molar-refractivity contribution in [2.75, 3.05) is 36.5 Å². The Kier molecular flexibility index (Phi) is 5.44. The number of anilines is 2. The summed E-state index contributed by atoms with van der Waals surface area (Å²) in [7, 11) is 0. The minimum absolute atomic E-state index is 0.200. The SMILES string of the molecule is O=C(Nc1ccc(N2CCOCC2)nc1)c1ccc(Oc2cccnc2)cc1. The number of carbonyl (C=O) groups excluding carboxylic acids is 1. The highest BCUT2D eigenvalue weighted by Crippen LogP contribution is 2.21. The molecule has 1 saturated heterocycles. The summed E-state index contributed by atoms with van der Waals surface area (Å²) < 4.78 is 11.0. The van der Waals surface area contributed by atoms with Crippen LogP contribution in [0.25, 0.3) is 0 Å². The highest BCUT2D eigenvalue weighted by atomic mass is 16.5. The van der Waals surface area contributed by atoms with E-state index < -0.39 is 0 Å². The van der Waals surface area contributed by atoms with Crippen LogP contribution in [0.3, 0.4) is 0 Å². The van der Waals surface area contributed by atoms with E-state index in [2.05, 4.69) is 20.2 Å². The van der Waals surface area contributed by atoms with E-state index in [0.717, 1.165) is 18.9 Å². The van der Waals surface area contributed by atoms with Crippen LogP contribution >= 0.6 is 0 Å². The van der Waals surface area contributed by atoms with Gasteiger partial charge in [-0.1, -0.05) is 0 Å². The number of rotatable bonds is 5. The fourth-order valence-corrected chi connectivity index (χ4v) is 2.86. The molecule has 142 valence electrons.